The van der Waals surface area contributed by atoms with Crippen molar-refractivity contribution in [3.8, 4) is 11.5 Å². The molecule has 1 atom stereocenters. The van der Waals surface area contributed by atoms with Gasteiger partial charge in [0.25, 0.3) is 5.56 Å². The fraction of sp³-hybridized carbons (Fsp3) is 0.167. The molecule has 2 heterocycles. The van der Waals surface area contributed by atoms with Crippen molar-refractivity contribution in [3.05, 3.63) is 117 Å². The largest absolute Gasteiger partial charge is 0.506 e. The zero-order valence-corrected chi connectivity index (χ0v) is 26.1. The molecule has 5 rings (SSSR count). The number of benzene rings is 3. The van der Waals surface area contributed by atoms with Crippen LogP contribution in [-0.4, -0.2) is 28.9 Å². The fourth-order valence-corrected chi connectivity index (χ4v) is 7.05. The number of carbonyl (C=O) groups is 1. The number of phenolic OH excluding ortho intramolecular Hbond substituents is 1. The number of phenols is 1. The summed E-state index contributed by atoms with van der Waals surface area (Å²) in [5.41, 5.74) is 2.34. The summed E-state index contributed by atoms with van der Waals surface area (Å²) < 4.78 is 14.5. The Morgan fingerprint density at radius 3 is 2.52 bits per heavy atom. The molecule has 0 saturated heterocycles. The van der Waals surface area contributed by atoms with Crippen molar-refractivity contribution in [3.63, 3.8) is 0 Å². The first kappa shape index (κ1) is 28.3. The van der Waals surface area contributed by atoms with E-state index in [1.165, 1.54) is 15.9 Å². The van der Waals surface area contributed by atoms with E-state index in [0.29, 0.717) is 42.1 Å². The van der Waals surface area contributed by atoms with Crippen LogP contribution in [0.3, 0.4) is 0 Å². The molecule has 204 valence electrons. The molecular formula is C30H24BrIN2O5S. The van der Waals surface area contributed by atoms with Crippen molar-refractivity contribution in [1.82, 2.24) is 4.57 Å². The van der Waals surface area contributed by atoms with Crippen LogP contribution in [-0.2, 0) is 9.53 Å². The van der Waals surface area contributed by atoms with Gasteiger partial charge in [-0.05, 0) is 72.3 Å². The Morgan fingerprint density at radius 2 is 1.85 bits per heavy atom. The van der Waals surface area contributed by atoms with Crippen molar-refractivity contribution < 1.29 is 19.4 Å². The van der Waals surface area contributed by atoms with Gasteiger partial charge in [0.15, 0.2) is 4.80 Å². The predicted octanol–water partition coefficient (Wildman–Crippen LogP) is 5.41. The highest BCUT2D eigenvalue weighted by Crippen LogP contribution is 2.36. The number of hydrogen-bond acceptors (Lipinski definition) is 7. The summed E-state index contributed by atoms with van der Waals surface area (Å²) in [5.74, 6) is 0.218. The molecule has 0 radical (unpaired) electrons. The van der Waals surface area contributed by atoms with Gasteiger partial charge in [-0.1, -0.05) is 69.7 Å². The van der Waals surface area contributed by atoms with Gasteiger partial charge in [-0.2, -0.15) is 0 Å². The van der Waals surface area contributed by atoms with E-state index in [2.05, 4.69) is 15.9 Å². The average molecular weight is 731 g/mol. The third-order valence-electron chi connectivity index (χ3n) is 6.22. The molecule has 40 heavy (non-hydrogen) atoms. The molecule has 1 aliphatic heterocycles. The first-order chi connectivity index (χ1) is 19.3. The monoisotopic (exact) mass is 730 g/mol. The Morgan fingerprint density at radius 1 is 1.12 bits per heavy atom. The molecule has 0 bridgehead atoms. The van der Waals surface area contributed by atoms with E-state index in [1.54, 1.807) is 25.1 Å². The molecule has 0 aliphatic carbocycles. The number of thiazole rings is 1. The van der Waals surface area contributed by atoms with Gasteiger partial charge in [0, 0.05) is 15.6 Å². The molecule has 0 unspecified atom stereocenters. The molecule has 7 nitrogen and oxygen atoms in total. The van der Waals surface area contributed by atoms with Crippen LogP contribution in [0.1, 0.15) is 36.6 Å². The number of aromatic nitrogens is 1. The molecule has 1 aromatic heterocycles. The molecule has 3 aromatic carbocycles. The number of carbonyl (C=O) groups excluding carboxylic acids is 1. The average Bonchev–Trinajstić information content (AvgIpc) is 3.26. The van der Waals surface area contributed by atoms with E-state index in [4.69, 9.17) is 14.5 Å². The zero-order valence-electron chi connectivity index (χ0n) is 21.6. The first-order valence-corrected chi connectivity index (χ1v) is 15.2. The normalized spacial score (nSPS) is 15.0. The van der Waals surface area contributed by atoms with Crippen LogP contribution in [0.4, 0.5) is 0 Å². The number of rotatable bonds is 7. The third-order valence-corrected chi connectivity index (χ3v) is 8.49. The van der Waals surface area contributed by atoms with E-state index in [1.807, 2.05) is 84.1 Å². The van der Waals surface area contributed by atoms with Crippen LogP contribution in [0.15, 0.2) is 86.6 Å². The summed E-state index contributed by atoms with van der Waals surface area (Å²) in [5, 5.41) is 10.7. The van der Waals surface area contributed by atoms with Gasteiger partial charge in [0.1, 0.15) is 11.5 Å². The maximum absolute atomic E-state index is 14.0. The van der Waals surface area contributed by atoms with Crippen molar-refractivity contribution in [2.24, 2.45) is 4.99 Å². The van der Waals surface area contributed by atoms with E-state index < -0.39 is 12.0 Å². The molecule has 0 saturated carbocycles. The molecular weight excluding hydrogens is 707 g/mol. The number of nitrogens with zero attached hydrogens (tertiary/aromatic N) is 2. The quantitative estimate of drug-likeness (QED) is 0.203. The number of halogens is 2. The second-order valence-corrected chi connectivity index (χ2v) is 11.8. The highest BCUT2D eigenvalue weighted by Gasteiger charge is 2.35. The van der Waals surface area contributed by atoms with Gasteiger partial charge in [-0.25, -0.2) is 9.79 Å². The topological polar surface area (TPSA) is 90.1 Å². The summed E-state index contributed by atoms with van der Waals surface area (Å²) in [4.78, 5) is 32.8. The van der Waals surface area contributed by atoms with Crippen LogP contribution in [0.5, 0.6) is 11.5 Å². The van der Waals surface area contributed by atoms with Crippen LogP contribution in [0.2, 0.25) is 0 Å². The summed E-state index contributed by atoms with van der Waals surface area (Å²) in [7, 11) is 0. The van der Waals surface area contributed by atoms with E-state index in [0.717, 1.165) is 10.0 Å². The highest BCUT2D eigenvalue weighted by atomic mass is 127. The number of fused-ring (bicyclic) bond motifs is 1. The standard InChI is InChI=1S/C30H24BrIN2O5S/c1-3-38-21-12-10-18(11-13-21)26-24(29(37)39-4-2)25(17-8-6-5-7-9-17)33-30-34(26)28(36)23(40-30)15-19-14-20(31)16-22(32)27(19)35/h5-16,26,35H,3-4H2,1-2H3/b23-15-/t26-/m1/s1. The third kappa shape index (κ3) is 5.52. The summed E-state index contributed by atoms with van der Waals surface area (Å²) >= 11 is 6.71. The maximum Gasteiger partial charge on any atom is 0.338 e. The smallest absolute Gasteiger partial charge is 0.338 e. The van der Waals surface area contributed by atoms with Gasteiger partial charge in [0.2, 0.25) is 0 Å². The van der Waals surface area contributed by atoms with Gasteiger partial charge in [-0.15, -0.1) is 0 Å². The van der Waals surface area contributed by atoms with Gasteiger partial charge in [0.05, 0.1) is 38.6 Å². The molecule has 0 fully saturated rings. The van der Waals surface area contributed by atoms with Crippen molar-refractivity contribution in [2.45, 2.75) is 19.9 Å². The Kier molecular flexibility index (Phi) is 8.57. The van der Waals surface area contributed by atoms with Crippen LogP contribution >= 0.6 is 49.9 Å². The number of aromatic hydroxyl groups is 1. The van der Waals surface area contributed by atoms with E-state index in [-0.39, 0.29) is 23.5 Å². The van der Waals surface area contributed by atoms with Crippen LogP contribution in [0, 0.1) is 3.57 Å². The zero-order chi connectivity index (χ0) is 28.4. The van der Waals surface area contributed by atoms with Crippen molar-refractivity contribution >= 4 is 67.6 Å². The minimum absolute atomic E-state index is 0.0786. The van der Waals surface area contributed by atoms with Gasteiger partial charge >= 0.3 is 5.97 Å². The highest BCUT2D eigenvalue weighted by molar-refractivity contribution is 14.1. The molecule has 0 spiro atoms. The fourth-order valence-electron chi connectivity index (χ4n) is 4.51. The Hall–Kier alpha value is -3.22. The lowest BCUT2D eigenvalue weighted by Gasteiger charge is -2.26. The lowest BCUT2D eigenvalue weighted by Crippen LogP contribution is -2.40. The van der Waals surface area contributed by atoms with Gasteiger partial charge in [-0.3, -0.25) is 9.36 Å². The summed E-state index contributed by atoms with van der Waals surface area (Å²) in [6, 6.07) is 19.5. The number of esters is 1. The lowest BCUT2D eigenvalue weighted by atomic mass is 9.93. The molecule has 0 amide bonds. The van der Waals surface area contributed by atoms with Crippen LogP contribution < -0.4 is 19.6 Å². The Balaban J connectivity index is 1.82. The minimum Gasteiger partial charge on any atom is -0.506 e. The summed E-state index contributed by atoms with van der Waals surface area (Å²) in [6.07, 6.45) is 1.65. The van der Waals surface area contributed by atoms with E-state index >= 15 is 0 Å². The molecule has 1 N–H and O–H groups in total. The second-order valence-electron chi connectivity index (χ2n) is 8.76. The molecule has 4 aromatic rings. The maximum atomic E-state index is 14.0. The molecule has 1 aliphatic rings. The van der Waals surface area contributed by atoms with E-state index in [9.17, 15) is 14.7 Å². The SMILES string of the molecule is CCOC(=O)C1=C(c2ccccc2)N=c2s/c(=C\c3cc(Br)cc(I)c3O)c(=O)n2[C@@H]1c1ccc(OCC)cc1. The lowest BCUT2D eigenvalue weighted by molar-refractivity contribution is -0.138. The predicted molar refractivity (Wildman–Crippen MR) is 167 cm³/mol. The molecule has 10 heteroatoms. The first-order valence-electron chi connectivity index (χ1n) is 12.5. The Labute approximate surface area is 256 Å². The van der Waals surface area contributed by atoms with Crippen molar-refractivity contribution in [2.75, 3.05) is 13.2 Å². The number of hydrogen-bond donors (Lipinski definition) is 1. The second kappa shape index (κ2) is 12.1. The number of ether oxygens (including phenoxy) is 2. The van der Waals surface area contributed by atoms with Gasteiger partial charge < -0.3 is 14.6 Å². The Bertz CT molecular complexity index is 1800. The minimum atomic E-state index is -0.792. The summed E-state index contributed by atoms with van der Waals surface area (Å²) in [6.45, 7) is 4.34. The van der Waals surface area contributed by atoms with Crippen molar-refractivity contribution in [1.29, 1.82) is 0 Å². The van der Waals surface area contributed by atoms with Crippen LogP contribution in [0.25, 0.3) is 11.8 Å².